The van der Waals surface area contributed by atoms with Gasteiger partial charge in [0.05, 0.1) is 10.8 Å². The Labute approximate surface area is 154 Å². The lowest BCUT2D eigenvalue weighted by atomic mass is 9.98. The number of hydrogen-bond donors (Lipinski definition) is 2. The van der Waals surface area contributed by atoms with Crippen LogP contribution < -0.4 is 5.32 Å². The van der Waals surface area contributed by atoms with Crippen LogP contribution in [0, 0.1) is 5.92 Å². The average Bonchev–Trinajstić information content (AvgIpc) is 2.65. The number of unbranched alkanes of at least 4 members (excludes halogenated alkanes) is 1. The van der Waals surface area contributed by atoms with Crippen molar-refractivity contribution in [1.29, 1.82) is 0 Å². The molecule has 1 heterocycles. The molecular formula is C18H26N2O5S. The molecule has 0 radical (unpaired) electrons. The molecule has 0 aromatic heterocycles. The van der Waals surface area contributed by atoms with E-state index in [9.17, 15) is 23.1 Å². The van der Waals surface area contributed by atoms with Gasteiger partial charge in [0.2, 0.25) is 15.9 Å². The van der Waals surface area contributed by atoms with Gasteiger partial charge in [0.1, 0.15) is 6.04 Å². The van der Waals surface area contributed by atoms with Gasteiger partial charge in [-0.15, -0.1) is 0 Å². The van der Waals surface area contributed by atoms with E-state index in [1.807, 2.05) is 6.92 Å². The number of carboxylic acid groups (broad SMARTS) is 1. The van der Waals surface area contributed by atoms with Gasteiger partial charge in [-0.3, -0.25) is 4.79 Å². The average molecular weight is 382 g/mol. The zero-order valence-corrected chi connectivity index (χ0v) is 15.7. The zero-order valence-electron chi connectivity index (χ0n) is 14.9. The normalized spacial score (nSPS) is 19.7. The number of carbonyl (C=O) groups is 2. The number of carbonyl (C=O) groups excluding carboxylic acids is 1. The van der Waals surface area contributed by atoms with E-state index in [1.54, 1.807) is 18.2 Å². The van der Waals surface area contributed by atoms with Crippen molar-refractivity contribution in [2.75, 3.05) is 13.1 Å². The summed E-state index contributed by atoms with van der Waals surface area (Å²) in [6, 6.07) is 7.20. The third kappa shape index (κ3) is 5.04. The highest BCUT2D eigenvalue weighted by Gasteiger charge is 2.34. The molecule has 1 aliphatic heterocycles. The van der Waals surface area contributed by atoms with Crippen LogP contribution in [0.5, 0.6) is 0 Å². The molecule has 2 rings (SSSR count). The van der Waals surface area contributed by atoms with Crippen LogP contribution in [0.15, 0.2) is 35.2 Å². The zero-order chi connectivity index (χ0) is 19.2. The highest BCUT2D eigenvalue weighted by atomic mass is 32.2. The number of amides is 1. The third-order valence-corrected chi connectivity index (χ3v) is 6.48. The fourth-order valence-electron chi connectivity index (χ4n) is 3.07. The van der Waals surface area contributed by atoms with Gasteiger partial charge in [-0.1, -0.05) is 38.0 Å². The SMILES string of the molecule is CCCCC(NC(=O)C1CCCN(S(=O)(=O)c2ccccc2)C1)C(=O)O. The van der Waals surface area contributed by atoms with Gasteiger partial charge < -0.3 is 10.4 Å². The molecule has 1 fully saturated rings. The lowest BCUT2D eigenvalue weighted by Crippen LogP contribution is -2.49. The summed E-state index contributed by atoms with van der Waals surface area (Å²) < 4.78 is 26.8. The van der Waals surface area contributed by atoms with Crippen LogP contribution in [0.25, 0.3) is 0 Å². The van der Waals surface area contributed by atoms with Gasteiger partial charge >= 0.3 is 5.97 Å². The molecule has 26 heavy (non-hydrogen) atoms. The lowest BCUT2D eigenvalue weighted by molar-refractivity contribution is -0.143. The van der Waals surface area contributed by atoms with E-state index in [0.29, 0.717) is 32.2 Å². The van der Waals surface area contributed by atoms with E-state index in [2.05, 4.69) is 5.32 Å². The van der Waals surface area contributed by atoms with E-state index < -0.39 is 28.0 Å². The summed E-state index contributed by atoms with van der Waals surface area (Å²) in [4.78, 5) is 24.0. The summed E-state index contributed by atoms with van der Waals surface area (Å²) >= 11 is 0. The second kappa shape index (κ2) is 9.14. The Morgan fingerprint density at radius 2 is 2.00 bits per heavy atom. The summed E-state index contributed by atoms with van der Waals surface area (Å²) in [6.07, 6.45) is 3.03. The number of benzene rings is 1. The van der Waals surface area contributed by atoms with Crippen LogP contribution in [0.1, 0.15) is 39.0 Å². The van der Waals surface area contributed by atoms with Crippen molar-refractivity contribution in [3.05, 3.63) is 30.3 Å². The van der Waals surface area contributed by atoms with Gasteiger partial charge in [0, 0.05) is 13.1 Å². The minimum Gasteiger partial charge on any atom is -0.480 e. The van der Waals surface area contributed by atoms with E-state index in [0.717, 1.165) is 6.42 Å². The van der Waals surface area contributed by atoms with Gasteiger partial charge in [-0.05, 0) is 31.4 Å². The Bertz CT molecular complexity index is 720. The van der Waals surface area contributed by atoms with Crippen molar-refractivity contribution < 1.29 is 23.1 Å². The Morgan fingerprint density at radius 3 is 2.62 bits per heavy atom. The van der Waals surface area contributed by atoms with Crippen molar-refractivity contribution >= 4 is 21.9 Å². The number of nitrogens with zero attached hydrogens (tertiary/aromatic N) is 1. The van der Waals surface area contributed by atoms with Gasteiger partial charge in [-0.25, -0.2) is 13.2 Å². The Hall–Kier alpha value is -1.93. The van der Waals surface area contributed by atoms with Crippen LogP contribution in [0.2, 0.25) is 0 Å². The number of carboxylic acids is 1. The molecule has 2 N–H and O–H groups in total. The van der Waals surface area contributed by atoms with Crippen LogP contribution in [0.3, 0.4) is 0 Å². The Balaban J connectivity index is 2.05. The third-order valence-electron chi connectivity index (χ3n) is 4.60. The highest BCUT2D eigenvalue weighted by molar-refractivity contribution is 7.89. The summed E-state index contributed by atoms with van der Waals surface area (Å²) in [7, 11) is -3.65. The molecule has 1 amide bonds. The minimum atomic E-state index is -3.65. The van der Waals surface area contributed by atoms with Crippen LogP contribution in [0.4, 0.5) is 0 Å². The van der Waals surface area contributed by atoms with Crippen molar-refractivity contribution in [3.63, 3.8) is 0 Å². The number of rotatable bonds is 8. The van der Waals surface area contributed by atoms with Crippen molar-refractivity contribution in [2.45, 2.75) is 50.0 Å². The predicted molar refractivity (Wildman–Crippen MR) is 97.0 cm³/mol. The molecular weight excluding hydrogens is 356 g/mol. The van der Waals surface area contributed by atoms with Gasteiger partial charge in [-0.2, -0.15) is 4.31 Å². The van der Waals surface area contributed by atoms with Gasteiger partial charge in [0.15, 0.2) is 0 Å². The van der Waals surface area contributed by atoms with Gasteiger partial charge in [0.25, 0.3) is 0 Å². The summed E-state index contributed by atoms with van der Waals surface area (Å²) in [5.74, 6) is -1.98. The second-order valence-electron chi connectivity index (χ2n) is 6.56. The number of nitrogens with one attached hydrogen (secondary N) is 1. The highest BCUT2D eigenvalue weighted by Crippen LogP contribution is 2.24. The van der Waals surface area contributed by atoms with E-state index >= 15 is 0 Å². The monoisotopic (exact) mass is 382 g/mol. The fraction of sp³-hybridized carbons (Fsp3) is 0.556. The predicted octanol–water partition coefficient (Wildman–Crippen LogP) is 1.85. The Morgan fingerprint density at radius 1 is 1.31 bits per heavy atom. The smallest absolute Gasteiger partial charge is 0.326 e. The molecule has 1 saturated heterocycles. The van der Waals surface area contributed by atoms with Crippen LogP contribution in [-0.2, 0) is 19.6 Å². The van der Waals surface area contributed by atoms with E-state index in [1.165, 1.54) is 16.4 Å². The first-order chi connectivity index (χ1) is 12.4. The largest absolute Gasteiger partial charge is 0.480 e. The van der Waals surface area contributed by atoms with E-state index in [-0.39, 0.29) is 17.3 Å². The van der Waals surface area contributed by atoms with Crippen molar-refractivity contribution in [2.24, 2.45) is 5.92 Å². The molecule has 2 unspecified atom stereocenters. The first-order valence-electron chi connectivity index (χ1n) is 8.94. The standard InChI is InChI=1S/C18H26N2O5S/c1-2-3-11-16(18(22)23)19-17(21)14-8-7-12-20(13-14)26(24,25)15-9-5-4-6-10-15/h4-6,9-10,14,16H,2-3,7-8,11-13H2,1H3,(H,19,21)(H,22,23). The maximum atomic E-state index is 12.7. The quantitative estimate of drug-likeness (QED) is 0.714. The van der Waals surface area contributed by atoms with E-state index in [4.69, 9.17) is 0 Å². The first-order valence-corrected chi connectivity index (χ1v) is 10.4. The summed E-state index contributed by atoms with van der Waals surface area (Å²) in [6.45, 7) is 2.39. The molecule has 144 valence electrons. The van der Waals surface area contributed by atoms with Crippen LogP contribution in [-0.4, -0.2) is 48.8 Å². The molecule has 1 aromatic rings. The first kappa shape index (κ1) is 20.4. The minimum absolute atomic E-state index is 0.0726. The van der Waals surface area contributed by atoms with Crippen molar-refractivity contribution in [1.82, 2.24) is 9.62 Å². The summed E-state index contributed by atoms with van der Waals surface area (Å²) in [5, 5.41) is 11.8. The molecule has 0 saturated carbocycles. The molecule has 1 aromatic carbocycles. The summed E-state index contributed by atoms with van der Waals surface area (Å²) in [5.41, 5.74) is 0. The number of aliphatic carboxylic acids is 1. The van der Waals surface area contributed by atoms with Crippen molar-refractivity contribution in [3.8, 4) is 0 Å². The Kier molecular flexibility index (Phi) is 7.16. The molecule has 8 heteroatoms. The molecule has 2 atom stereocenters. The maximum absolute atomic E-state index is 12.7. The molecule has 1 aliphatic rings. The fourth-order valence-corrected chi connectivity index (χ4v) is 4.62. The van der Waals surface area contributed by atoms with Crippen LogP contribution >= 0.6 is 0 Å². The molecule has 7 nitrogen and oxygen atoms in total. The number of hydrogen-bond acceptors (Lipinski definition) is 4. The molecule has 0 aliphatic carbocycles. The number of sulfonamides is 1. The molecule has 0 bridgehead atoms. The topological polar surface area (TPSA) is 104 Å². The maximum Gasteiger partial charge on any atom is 0.326 e. The lowest BCUT2D eigenvalue weighted by Gasteiger charge is -2.31. The molecule has 0 spiro atoms. The second-order valence-corrected chi connectivity index (χ2v) is 8.49. The number of piperidine rings is 1.